The maximum absolute atomic E-state index is 13.4. The molecular weight excluding hydrogens is 438 g/mol. The van der Waals surface area contributed by atoms with E-state index in [1.165, 1.54) is 7.11 Å². The van der Waals surface area contributed by atoms with Crippen LogP contribution in [0.1, 0.15) is 66.2 Å². The van der Waals surface area contributed by atoms with Crippen LogP contribution >= 0.6 is 11.8 Å². The van der Waals surface area contributed by atoms with Crippen LogP contribution in [0, 0.1) is 17.8 Å². The van der Waals surface area contributed by atoms with Crippen molar-refractivity contribution in [3.8, 4) is 5.69 Å². The lowest BCUT2D eigenvalue weighted by molar-refractivity contribution is -0.136. The molecule has 7 nitrogen and oxygen atoms in total. The Morgan fingerprint density at radius 1 is 1.21 bits per heavy atom. The number of nitrogens with zero attached hydrogens (tertiary/aromatic N) is 2. The predicted molar refractivity (Wildman–Crippen MR) is 126 cm³/mol. The largest absolute Gasteiger partial charge is 0.465 e. The number of carbonyl (C=O) groups is 2. The molecule has 4 bridgehead atoms. The van der Waals surface area contributed by atoms with Crippen LogP contribution in [-0.2, 0) is 4.74 Å². The lowest BCUT2D eigenvalue weighted by Gasteiger charge is -2.58. The third kappa shape index (κ3) is 4.19. The van der Waals surface area contributed by atoms with Crippen molar-refractivity contribution in [3.05, 3.63) is 41.6 Å². The molecular formula is C25H31N3O4S. The number of esters is 1. The number of thioether (sulfide) groups is 1. The lowest BCUT2D eigenvalue weighted by atomic mass is 9.52. The summed E-state index contributed by atoms with van der Waals surface area (Å²) in [5.41, 5.74) is 1.33. The summed E-state index contributed by atoms with van der Waals surface area (Å²) >= 11 is 1.62. The van der Waals surface area contributed by atoms with Gasteiger partial charge in [0.05, 0.1) is 35.7 Å². The molecule has 1 amide bonds. The van der Waals surface area contributed by atoms with E-state index in [2.05, 4.69) is 17.3 Å². The molecule has 33 heavy (non-hydrogen) atoms. The van der Waals surface area contributed by atoms with Crippen LogP contribution < -0.4 is 5.32 Å². The quantitative estimate of drug-likeness (QED) is 0.473. The summed E-state index contributed by atoms with van der Waals surface area (Å²) in [7, 11) is 1.36. The van der Waals surface area contributed by atoms with Crippen LogP contribution in [0.4, 0.5) is 0 Å². The highest BCUT2D eigenvalue weighted by Gasteiger charge is 2.55. The Labute approximate surface area is 198 Å². The van der Waals surface area contributed by atoms with E-state index in [0.717, 1.165) is 55.0 Å². The normalized spacial score (nSPS) is 29.8. The summed E-state index contributed by atoms with van der Waals surface area (Å²) in [5.74, 6) is 1.72. The fourth-order valence-electron chi connectivity index (χ4n) is 6.32. The van der Waals surface area contributed by atoms with Crippen molar-refractivity contribution in [3.63, 3.8) is 0 Å². The summed E-state index contributed by atoms with van der Waals surface area (Å²) in [6, 6.07) is 7.16. The third-order valence-corrected chi connectivity index (χ3v) is 8.76. The molecule has 1 unspecified atom stereocenters. The molecule has 0 radical (unpaired) electrons. The van der Waals surface area contributed by atoms with Crippen LogP contribution in [0.15, 0.2) is 35.5 Å². The highest BCUT2D eigenvalue weighted by Crippen LogP contribution is 2.55. The standard InChI is InChI=1S/C25H31N3O4S/c1-3-8-33-23-20(14-26-28(23)19-6-4-16(5-7-19)24(30)32-2)22(29)27-21-17-9-15-10-18(21)13-25(31,11-15)12-17/h4-7,14-15,17-18,21,31H,3,8-13H2,1-2H3,(H,27,29)/t15?,17-,18+,21+,25-. The van der Waals surface area contributed by atoms with E-state index in [1.807, 2.05) is 12.1 Å². The summed E-state index contributed by atoms with van der Waals surface area (Å²) in [6.07, 6.45) is 7.36. The summed E-state index contributed by atoms with van der Waals surface area (Å²) in [5, 5.41) is 19.5. The van der Waals surface area contributed by atoms with Gasteiger partial charge < -0.3 is 15.2 Å². The number of rotatable bonds is 7. The van der Waals surface area contributed by atoms with Crippen LogP contribution in [0.2, 0.25) is 0 Å². The first kappa shape index (κ1) is 22.5. The van der Waals surface area contributed by atoms with Gasteiger partial charge in [0.2, 0.25) is 0 Å². The van der Waals surface area contributed by atoms with Crippen LogP contribution in [-0.4, -0.2) is 51.3 Å². The first-order valence-electron chi connectivity index (χ1n) is 11.8. The maximum Gasteiger partial charge on any atom is 0.337 e. The Morgan fingerprint density at radius 3 is 2.52 bits per heavy atom. The molecule has 4 saturated carbocycles. The average molecular weight is 470 g/mol. The van der Waals surface area contributed by atoms with Gasteiger partial charge in [0.15, 0.2) is 0 Å². The van der Waals surface area contributed by atoms with Gasteiger partial charge in [-0.15, -0.1) is 11.8 Å². The number of aliphatic hydroxyl groups is 1. The molecule has 4 aliphatic rings. The van der Waals surface area contributed by atoms with Crippen molar-refractivity contribution in [2.24, 2.45) is 17.8 Å². The fraction of sp³-hybridized carbons (Fsp3) is 0.560. The summed E-state index contributed by atoms with van der Waals surface area (Å²) in [4.78, 5) is 25.2. The van der Waals surface area contributed by atoms with E-state index in [9.17, 15) is 14.7 Å². The van der Waals surface area contributed by atoms with Gasteiger partial charge in [-0.3, -0.25) is 4.79 Å². The number of carbonyl (C=O) groups excluding carboxylic acids is 2. The van der Waals surface area contributed by atoms with Gasteiger partial charge in [0.25, 0.3) is 5.91 Å². The van der Waals surface area contributed by atoms with Gasteiger partial charge in [0, 0.05) is 6.04 Å². The van der Waals surface area contributed by atoms with Gasteiger partial charge in [0.1, 0.15) is 5.03 Å². The second-order valence-corrected chi connectivity index (χ2v) is 10.9. The molecule has 2 aromatic rings. The molecule has 1 heterocycles. The molecule has 0 aliphatic heterocycles. The van der Waals surface area contributed by atoms with Crippen molar-refractivity contribution < 1.29 is 19.4 Å². The molecule has 0 spiro atoms. The molecule has 5 atom stereocenters. The number of amides is 1. The van der Waals surface area contributed by atoms with Gasteiger partial charge in [-0.05, 0) is 86.3 Å². The SMILES string of the molecule is CCCSc1c(C(=O)N[C@H]2[C@@H]3CC4C[C@H]2C[C@@](O)(C4)C3)cnn1-c1ccc(C(=O)OC)cc1. The van der Waals surface area contributed by atoms with E-state index in [-0.39, 0.29) is 17.9 Å². The Hall–Kier alpha value is -2.32. The number of ether oxygens (including phenoxy) is 1. The third-order valence-electron chi connectivity index (χ3n) is 7.48. The van der Waals surface area contributed by atoms with Crippen molar-refractivity contribution >= 4 is 23.6 Å². The zero-order valence-corrected chi connectivity index (χ0v) is 19.9. The Bertz CT molecular complexity index is 1030. The van der Waals surface area contributed by atoms with Crippen LogP contribution in [0.3, 0.4) is 0 Å². The molecule has 0 saturated heterocycles. The molecule has 8 heteroatoms. The molecule has 2 N–H and O–H groups in total. The highest BCUT2D eigenvalue weighted by molar-refractivity contribution is 7.99. The second kappa shape index (κ2) is 8.80. The number of hydrogen-bond acceptors (Lipinski definition) is 6. The van der Waals surface area contributed by atoms with Crippen LogP contribution in [0.25, 0.3) is 5.69 Å². The number of aromatic nitrogens is 2. The number of nitrogens with one attached hydrogen (secondary N) is 1. The van der Waals surface area contributed by atoms with Crippen LogP contribution in [0.5, 0.6) is 0 Å². The van der Waals surface area contributed by atoms with E-state index in [0.29, 0.717) is 28.9 Å². The first-order chi connectivity index (χ1) is 15.9. The minimum Gasteiger partial charge on any atom is -0.465 e. The highest BCUT2D eigenvalue weighted by atomic mass is 32.2. The predicted octanol–water partition coefficient (Wildman–Crippen LogP) is 3.83. The average Bonchev–Trinajstić information content (AvgIpc) is 3.22. The zero-order valence-electron chi connectivity index (χ0n) is 19.1. The number of methoxy groups -OCH3 is 1. The summed E-state index contributed by atoms with van der Waals surface area (Å²) < 4.78 is 6.55. The van der Waals surface area contributed by atoms with Gasteiger partial charge >= 0.3 is 5.97 Å². The second-order valence-electron chi connectivity index (χ2n) is 9.86. The molecule has 176 valence electrons. The number of hydrogen-bond donors (Lipinski definition) is 2. The van der Waals surface area contributed by atoms with E-state index in [4.69, 9.17) is 4.74 Å². The molecule has 1 aromatic carbocycles. The number of benzene rings is 1. The minimum atomic E-state index is -0.513. The fourth-order valence-corrected chi connectivity index (χ4v) is 7.29. The summed E-state index contributed by atoms with van der Waals surface area (Å²) in [6.45, 7) is 2.11. The van der Waals surface area contributed by atoms with Gasteiger partial charge in [-0.2, -0.15) is 5.10 Å². The van der Waals surface area contributed by atoms with Gasteiger partial charge in [-0.25, -0.2) is 9.48 Å². The molecule has 1 aromatic heterocycles. The Balaban J connectivity index is 1.38. The van der Waals surface area contributed by atoms with E-state index < -0.39 is 5.60 Å². The van der Waals surface area contributed by atoms with Crippen molar-refractivity contribution in [2.75, 3.05) is 12.9 Å². The molecule has 4 aliphatic carbocycles. The minimum absolute atomic E-state index is 0.0875. The molecule has 6 rings (SSSR count). The Kier molecular flexibility index (Phi) is 5.99. The van der Waals surface area contributed by atoms with E-state index in [1.54, 1.807) is 34.8 Å². The van der Waals surface area contributed by atoms with Crippen molar-refractivity contribution in [1.29, 1.82) is 0 Å². The zero-order chi connectivity index (χ0) is 23.2. The van der Waals surface area contributed by atoms with Gasteiger partial charge in [-0.1, -0.05) is 6.92 Å². The smallest absolute Gasteiger partial charge is 0.337 e. The van der Waals surface area contributed by atoms with E-state index >= 15 is 0 Å². The van der Waals surface area contributed by atoms with Crippen molar-refractivity contribution in [2.45, 2.75) is 62.1 Å². The van der Waals surface area contributed by atoms with Crippen molar-refractivity contribution in [1.82, 2.24) is 15.1 Å². The molecule has 4 fully saturated rings. The topological polar surface area (TPSA) is 93.5 Å². The first-order valence-corrected chi connectivity index (χ1v) is 12.8. The lowest BCUT2D eigenvalue weighted by Crippen LogP contribution is -2.61. The Morgan fingerprint density at radius 2 is 1.91 bits per heavy atom. The maximum atomic E-state index is 13.4. The monoisotopic (exact) mass is 469 g/mol.